The van der Waals surface area contributed by atoms with Crippen molar-refractivity contribution in [2.75, 3.05) is 18.6 Å². The smallest absolute Gasteiger partial charge is 0.307 e. The van der Waals surface area contributed by atoms with E-state index in [-0.39, 0.29) is 29.8 Å². The van der Waals surface area contributed by atoms with E-state index in [4.69, 9.17) is 4.74 Å². The topological polar surface area (TPSA) is 69.4 Å². The maximum absolute atomic E-state index is 12.2. The fraction of sp³-hybridized carbons (Fsp3) is 0.812. The quantitative estimate of drug-likeness (QED) is 0.324. The molecule has 1 fully saturated rings. The van der Waals surface area contributed by atoms with Crippen LogP contribution in [0.15, 0.2) is 11.6 Å². The van der Waals surface area contributed by atoms with Crippen molar-refractivity contribution < 1.29 is 14.5 Å². The first kappa shape index (κ1) is 17.3. The highest BCUT2D eigenvalue weighted by Crippen LogP contribution is 2.60. The van der Waals surface area contributed by atoms with E-state index in [1.54, 1.807) is 11.8 Å². The molecule has 2 aliphatic carbocycles. The SMILES string of the molecule is CSCC1=C[C@H]2[C@H](C1)C[C@]2(CC(=O)OC(C)(C)C)C[N+](=O)[O-]. The lowest BCUT2D eigenvalue weighted by Gasteiger charge is -2.49. The molecular weight excluding hydrogens is 302 g/mol. The van der Waals surface area contributed by atoms with Crippen molar-refractivity contribution >= 4 is 17.7 Å². The van der Waals surface area contributed by atoms with Gasteiger partial charge in [-0.1, -0.05) is 11.6 Å². The first-order chi connectivity index (χ1) is 10.1. The number of rotatable bonds is 6. The Balaban J connectivity index is 2.10. The fourth-order valence-corrected chi connectivity index (χ4v) is 4.51. The third-order valence-electron chi connectivity index (χ3n) is 4.51. The van der Waals surface area contributed by atoms with E-state index in [0.717, 1.165) is 18.6 Å². The van der Waals surface area contributed by atoms with Crippen LogP contribution in [0.1, 0.15) is 40.0 Å². The second-order valence-corrected chi connectivity index (χ2v) is 8.43. The largest absolute Gasteiger partial charge is 0.460 e. The van der Waals surface area contributed by atoms with Crippen molar-refractivity contribution in [3.05, 3.63) is 21.8 Å². The standard InChI is InChI=1S/C16H25NO4S/c1-15(2,3)21-14(18)8-16(10-17(19)20)7-12-5-11(9-22-4)6-13(12)16/h6,12-13H,5,7-10H2,1-4H3/t12-,13+,16+/m1/s1. The molecule has 0 bridgehead atoms. The number of thioether (sulfide) groups is 1. The summed E-state index contributed by atoms with van der Waals surface area (Å²) in [4.78, 5) is 23.0. The molecule has 2 aliphatic rings. The predicted octanol–water partition coefficient (Wildman–Crippen LogP) is 3.31. The lowest BCUT2D eigenvalue weighted by Crippen LogP contribution is -2.51. The van der Waals surface area contributed by atoms with Gasteiger partial charge in [-0.2, -0.15) is 11.8 Å². The van der Waals surface area contributed by atoms with Gasteiger partial charge in [0.15, 0.2) is 0 Å². The van der Waals surface area contributed by atoms with E-state index in [0.29, 0.717) is 5.92 Å². The monoisotopic (exact) mass is 327 g/mol. The molecule has 22 heavy (non-hydrogen) atoms. The Morgan fingerprint density at radius 2 is 2.23 bits per heavy atom. The summed E-state index contributed by atoms with van der Waals surface area (Å²) in [5.41, 5.74) is 0.277. The van der Waals surface area contributed by atoms with E-state index >= 15 is 0 Å². The van der Waals surface area contributed by atoms with Crippen LogP contribution >= 0.6 is 11.8 Å². The summed E-state index contributed by atoms with van der Waals surface area (Å²) in [5.74, 6) is 1.30. The molecule has 1 saturated carbocycles. The van der Waals surface area contributed by atoms with Gasteiger partial charge in [-0.05, 0) is 51.7 Å². The van der Waals surface area contributed by atoms with E-state index < -0.39 is 11.0 Å². The van der Waals surface area contributed by atoms with Gasteiger partial charge in [-0.15, -0.1) is 0 Å². The van der Waals surface area contributed by atoms with Crippen LogP contribution in [0.25, 0.3) is 0 Å². The van der Waals surface area contributed by atoms with E-state index in [1.807, 2.05) is 20.8 Å². The van der Waals surface area contributed by atoms with Crippen molar-refractivity contribution in [2.45, 2.75) is 45.6 Å². The molecular formula is C16H25NO4S. The zero-order valence-corrected chi connectivity index (χ0v) is 14.6. The molecule has 0 radical (unpaired) electrons. The normalized spacial score (nSPS) is 30.3. The second-order valence-electron chi connectivity index (χ2n) is 7.57. The molecule has 6 heteroatoms. The predicted molar refractivity (Wildman–Crippen MR) is 87.4 cm³/mol. The lowest BCUT2D eigenvalue weighted by atomic mass is 9.53. The highest BCUT2D eigenvalue weighted by molar-refractivity contribution is 7.98. The molecule has 3 atom stereocenters. The molecule has 0 aromatic carbocycles. The fourth-order valence-electron chi connectivity index (χ4n) is 3.93. The van der Waals surface area contributed by atoms with Crippen molar-refractivity contribution in [1.29, 1.82) is 0 Å². The third-order valence-corrected chi connectivity index (χ3v) is 5.17. The summed E-state index contributed by atoms with van der Waals surface area (Å²) in [5, 5.41) is 11.1. The molecule has 0 heterocycles. The summed E-state index contributed by atoms with van der Waals surface area (Å²) in [6.07, 6.45) is 6.19. The van der Waals surface area contributed by atoms with Gasteiger partial charge in [0.1, 0.15) is 5.60 Å². The van der Waals surface area contributed by atoms with Gasteiger partial charge in [0, 0.05) is 10.7 Å². The minimum Gasteiger partial charge on any atom is -0.460 e. The van der Waals surface area contributed by atoms with Crippen molar-refractivity contribution in [2.24, 2.45) is 17.3 Å². The Hall–Kier alpha value is -1.04. The summed E-state index contributed by atoms with van der Waals surface area (Å²) >= 11 is 1.77. The van der Waals surface area contributed by atoms with Crippen LogP contribution in [0.5, 0.6) is 0 Å². The number of fused-ring (bicyclic) bond motifs is 1. The van der Waals surface area contributed by atoms with Crippen LogP contribution in [0.4, 0.5) is 0 Å². The van der Waals surface area contributed by atoms with Crippen molar-refractivity contribution in [1.82, 2.24) is 0 Å². The third kappa shape index (κ3) is 3.83. The molecule has 0 amide bonds. The van der Waals surface area contributed by atoms with Crippen LogP contribution in [0.3, 0.4) is 0 Å². The Morgan fingerprint density at radius 1 is 1.55 bits per heavy atom. The molecule has 0 N–H and O–H groups in total. The molecule has 0 saturated heterocycles. The van der Waals surface area contributed by atoms with Gasteiger partial charge >= 0.3 is 5.97 Å². The Bertz CT molecular complexity index is 497. The Morgan fingerprint density at radius 3 is 2.77 bits per heavy atom. The number of carbonyl (C=O) groups is 1. The average molecular weight is 327 g/mol. The number of hydrogen-bond acceptors (Lipinski definition) is 5. The summed E-state index contributed by atoms with van der Waals surface area (Å²) in [6, 6.07) is 0. The number of carbonyl (C=O) groups excluding carboxylic acids is 1. The molecule has 0 aliphatic heterocycles. The highest BCUT2D eigenvalue weighted by atomic mass is 32.2. The highest BCUT2D eigenvalue weighted by Gasteiger charge is 2.59. The molecule has 0 unspecified atom stereocenters. The van der Waals surface area contributed by atoms with Crippen LogP contribution in [0, 0.1) is 27.4 Å². The zero-order chi connectivity index (χ0) is 16.5. The number of nitro groups is 1. The van der Waals surface area contributed by atoms with Gasteiger partial charge in [0.25, 0.3) is 0 Å². The summed E-state index contributed by atoms with van der Waals surface area (Å²) < 4.78 is 5.39. The van der Waals surface area contributed by atoms with Gasteiger partial charge in [-0.25, -0.2) is 0 Å². The molecule has 0 aromatic heterocycles. The molecule has 2 rings (SSSR count). The van der Waals surface area contributed by atoms with Crippen LogP contribution < -0.4 is 0 Å². The van der Waals surface area contributed by atoms with Gasteiger partial charge in [0.2, 0.25) is 6.54 Å². The first-order valence-electron chi connectivity index (χ1n) is 7.67. The molecule has 0 aromatic rings. The maximum atomic E-state index is 12.2. The molecule has 0 spiro atoms. The number of hydrogen-bond donors (Lipinski definition) is 0. The second kappa shape index (κ2) is 6.22. The number of esters is 1. The average Bonchev–Trinajstić information content (AvgIpc) is 2.64. The Kier molecular flexibility index (Phi) is 4.90. The molecule has 5 nitrogen and oxygen atoms in total. The van der Waals surface area contributed by atoms with Gasteiger partial charge in [0.05, 0.1) is 11.8 Å². The minimum absolute atomic E-state index is 0.142. The maximum Gasteiger partial charge on any atom is 0.307 e. The van der Waals surface area contributed by atoms with E-state index in [1.165, 1.54) is 5.57 Å². The van der Waals surface area contributed by atoms with Crippen LogP contribution in [0.2, 0.25) is 0 Å². The number of ether oxygens (including phenoxy) is 1. The zero-order valence-electron chi connectivity index (χ0n) is 13.8. The number of nitrogens with zero attached hydrogens (tertiary/aromatic N) is 1. The molecule has 124 valence electrons. The summed E-state index contributed by atoms with van der Waals surface area (Å²) in [6.45, 7) is 5.32. The van der Waals surface area contributed by atoms with E-state index in [2.05, 4.69) is 12.3 Å². The van der Waals surface area contributed by atoms with Crippen molar-refractivity contribution in [3.63, 3.8) is 0 Å². The lowest BCUT2D eigenvalue weighted by molar-refractivity contribution is -0.506. The Labute approximate surface area is 136 Å². The summed E-state index contributed by atoms with van der Waals surface area (Å²) in [7, 11) is 0. The van der Waals surface area contributed by atoms with Gasteiger partial charge in [-0.3, -0.25) is 14.9 Å². The number of allylic oxidation sites excluding steroid dienone is 1. The van der Waals surface area contributed by atoms with E-state index in [9.17, 15) is 14.9 Å². The first-order valence-corrected chi connectivity index (χ1v) is 9.07. The van der Waals surface area contributed by atoms with Crippen molar-refractivity contribution in [3.8, 4) is 0 Å². The van der Waals surface area contributed by atoms with Crippen LogP contribution in [-0.4, -0.2) is 35.0 Å². The van der Waals surface area contributed by atoms with Crippen LogP contribution in [-0.2, 0) is 9.53 Å². The minimum atomic E-state index is -0.550. The van der Waals surface area contributed by atoms with Gasteiger partial charge < -0.3 is 4.74 Å².